The molecule has 0 saturated carbocycles. The Morgan fingerprint density at radius 1 is 1.36 bits per heavy atom. The minimum atomic E-state index is -0.0661. The molecule has 1 N–H and O–H groups in total. The third-order valence-corrected chi connectivity index (χ3v) is 4.79. The van der Waals surface area contributed by atoms with Crippen LogP contribution in [0.2, 0.25) is 0 Å². The van der Waals surface area contributed by atoms with Crippen LogP contribution in [0, 0.1) is 13.8 Å². The number of piperidine rings is 1. The fraction of sp³-hybridized carbons (Fsp3) is 0.450. The molecule has 25 heavy (non-hydrogen) atoms. The molecule has 2 aromatic rings. The van der Waals surface area contributed by atoms with Gasteiger partial charge in [0.15, 0.2) is 0 Å². The van der Waals surface area contributed by atoms with Crippen molar-refractivity contribution < 1.29 is 9.90 Å². The van der Waals surface area contributed by atoms with Gasteiger partial charge in [0, 0.05) is 30.8 Å². The number of likely N-dealkylation sites (tertiary alicyclic amines) is 1. The van der Waals surface area contributed by atoms with E-state index >= 15 is 0 Å². The lowest BCUT2D eigenvalue weighted by atomic mass is 9.91. The highest BCUT2D eigenvalue weighted by Crippen LogP contribution is 2.28. The van der Waals surface area contributed by atoms with Gasteiger partial charge in [-0.25, -0.2) is 9.97 Å². The molecular formula is C20H25N3O2. The van der Waals surface area contributed by atoms with Gasteiger partial charge in [0.2, 0.25) is 5.91 Å². The first-order chi connectivity index (χ1) is 12.1. The van der Waals surface area contributed by atoms with Gasteiger partial charge in [-0.3, -0.25) is 4.79 Å². The van der Waals surface area contributed by atoms with E-state index in [2.05, 4.69) is 16.0 Å². The molecule has 1 aromatic carbocycles. The number of rotatable bonds is 4. The van der Waals surface area contributed by atoms with Gasteiger partial charge in [-0.05, 0) is 32.3 Å². The van der Waals surface area contributed by atoms with E-state index in [9.17, 15) is 9.90 Å². The van der Waals surface area contributed by atoms with E-state index < -0.39 is 0 Å². The quantitative estimate of drug-likeness (QED) is 0.929. The standard InChI is InChI=1S/C20H25N3O2/c1-14-5-3-6-16(9-14)10-19(25)23-8-4-7-17(12-23)20-18(13-24)11-21-15(2)22-20/h3,5-6,9,11,17,24H,4,7-8,10,12-13H2,1-2H3. The summed E-state index contributed by atoms with van der Waals surface area (Å²) >= 11 is 0. The van der Waals surface area contributed by atoms with E-state index in [0.717, 1.165) is 36.2 Å². The van der Waals surface area contributed by atoms with Gasteiger partial charge in [-0.15, -0.1) is 0 Å². The highest BCUT2D eigenvalue weighted by molar-refractivity contribution is 5.79. The van der Waals surface area contributed by atoms with Crippen molar-refractivity contribution in [2.45, 2.75) is 45.6 Å². The van der Waals surface area contributed by atoms with Crippen LogP contribution in [0.5, 0.6) is 0 Å². The number of aromatic nitrogens is 2. The van der Waals surface area contributed by atoms with Gasteiger partial charge in [0.25, 0.3) is 0 Å². The average Bonchev–Trinajstić information content (AvgIpc) is 2.62. The Labute approximate surface area is 148 Å². The Morgan fingerprint density at radius 2 is 2.20 bits per heavy atom. The SMILES string of the molecule is Cc1cccc(CC(=O)N2CCCC(c3nc(C)ncc3CO)C2)c1. The van der Waals surface area contributed by atoms with E-state index in [1.54, 1.807) is 6.20 Å². The maximum Gasteiger partial charge on any atom is 0.227 e. The molecular weight excluding hydrogens is 314 g/mol. The van der Waals surface area contributed by atoms with Crippen LogP contribution in [0.4, 0.5) is 0 Å². The molecule has 5 nitrogen and oxygen atoms in total. The molecule has 132 valence electrons. The van der Waals surface area contributed by atoms with Gasteiger partial charge in [-0.1, -0.05) is 29.8 Å². The van der Waals surface area contributed by atoms with E-state index in [4.69, 9.17) is 0 Å². The number of carbonyl (C=O) groups excluding carboxylic acids is 1. The van der Waals surface area contributed by atoms with Gasteiger partial charge < -0.3 is 10.0 Å². The fourth-order valence-electron chi connectivity index (χ4n) is 3.52. The van der Waals surface area contributed by atoms with Crippen LogP contribution in [0.3, 0.4) is 0 Å². The van der Waals surface area contributed by atoms with Crippen molar-refractivity contribution in [3.63, 3.8) is 0 Å². The average molecular weight is 339 g/mol. The molecule has 3 rings (SSSR count). The van der Waals surface area contributed by atoms with Gasteiger partial charge in [0.1, 0.15) is 5.82 Å². The van der Waals surface area contributed by atoms with E-state index in [0.29, 0.717) is 18.8 Å². The molecule has 2 heterocycles. The summed E-state index contributed by atoms with van der Waals surface area (Å²) in [5.41, 5.74) is 3.89. The molecule has 1 amide bonds. The Morgan fingerprint density at radius 3 is 2.96 bits per heavy atom. The highest BCUT2D eigenvalue weighted by Gasteiger charge is 2.27. The summed E-state index contributed by atoms with van der Waals surface area (Å²) in [5, 5.41) is 9.58. The number of benzene rings is 1. The minimum Gasteiger partial charge on any atom is -0.392 e. The van der Waals surface area contributed by atoms with E-state index in [-0.39, 0.29) is 18.4 Å². The Kier molecular flexibility index (Phi) is 5.43. The first-order valence-corrected chi connectivity index (χ1v) is 8.83. The second-order valence-electron chi connectivity index (χ2n) is 6.83. The maximum atomic E-state index is 12.7. The molecule has 0 spiro atoms. The van der Waals surface area contributed by atoms with Crippen LogP contribution in [-0.4, -0.2) is 39.0 Å². The normalized spacial score (nSPS) is 17.6. The predicted molar refractivity (Wildman–Crippen MR) is 96.1 cm³/mol. The van der Waals surface area contributed by atoms with Crippen molar-refractivity contribution in [3.8, 4) is 0 Å². The minimum absolute atomic E-state index is 0.0661. The van der Waals surface area contributed by atoms with Crippen LogP contribution >= 0.6 is 0 Å². The number of hydrogen-bond acceptors (Lipinski definition) is 4. The summed E-state index contributed by atoms with van der Waals surface area (Å²) in [5.74, 6) is 1.03. The van der Waals surface area contributed by atoms with Crippen molar-refractivity contribution in [1.82, 2.24) is 14.9 Å². The molecule has 0 bridgehead atoms. The van der Waals surface area contributed by atoms with Crippen LogP contribution in [0.25, 0.3) is 0 Å². The number of amides is 1. The Balaban J connectivity index is 1.73. The lowest BCUT2D eigenvalue weighted by molar-refractivity contribution is -0.131. The Hall–Kier alpha value is -2.27. The number of aliphatic hydroxyl groups excluding tert-OH is 1. The van der Waals surface area contributed by atoms with Crippen molar-refractivity contribution in [3.05, 3.63) is 58.7 Å². The number of nitrogens with zero attached hydrogens (tertiary/aromatic N) is 3. The van der Waals surface area contributed by atoms with Crippen molar-refractivity contribution in [1.29, 1.82) is 0 Å². The zero-order chi connectivity index (χ0) is 17.8. The van der Waals surface area contributed by atoms with Crippen molar-refractivity contribution in [2.24, 2.45) is 0 Å². The van der Waals surface area contributed by atoms with Crippen LogP contribution in [-0.2, 0) is 17.8 Å². The topological polar surface area (TPSA) is 66.3 Å². The lowest BCUT2D eigenvalue weighted by Crippen LogP contribution is -2.40. The molecule has 1 saturated heterocycles. The maximum absolute atomic E-state index is 12.7. The molecule has 1 aliphatic rings. The van der Waals surface area contributed by atoms with E-state index in [1.807, 2.05) is 36.9 Å². The molecule has 0 aliphatic carbocycles. The summed E-state index contributed by atoms with van der Waals surface area (Å²) in [7, 11) is 0. The van der Waals surface area contributed by atoms with Gasteiger partial charge in [0.05, 0.1) is 18.7 Å². The zero-order valence-corrected chi connectivity index (χ0v) is 14.9. The monoisotopic (exact) mass is 339 g/mol. The number of aryl methyl sites for hydroxylation is 2. The smallest absolute Gasteiger partial charge is 0.227 e. The number of carbonyl (C=O) groups is 1. The highest BCUT2D eigenvalue weighted by atomic mass is 16.3. The van der Waals surface area contributed by atoms with Crippen molar-refractivity contribution >= 4 is 5.91 Å². The predicted octanol–water partition coefficient (Wildman–Crippen LogP) is 2.53. The molecule has 1 fully saturated rings. The zero-order valence-electron chi connectivity index (χ0n) is 14.9. The first kappa shape index (κ1) is 17.5. The number of aliphatic hydroxyl groups is 1. The van der Waals surface area contributed by atoms with Crippen LogP contribution in [0.15, 0.2) is 30.5 Å². The third kappa shape index (κ3) is 4.23. The fourth-order valence-corrected chi connectivity index (χ4v) is 3.52. The van der Waals surface area contributed by atoms with Crippen LogP contribution in [0.1, 0.15) is 47.0 Å². The molecule has 1 aromatic heterocycles. The van der Waals surface area contributed by atoms with Crippen LogP contribution < -0.4 is 0 Å². The van der Waals surface area contributed by atoms with Gasteiger partial charge >= 0.3 is 0 Å². The van der Waals surface area contributed by atoms with Gasteiger partial charge in [-0.2, -0.15) is 0 Å². The molecule has 5 heteroatoms. The summed E-state index contributed by atoms with van der Waals surface area (Å²) in [6, 6.07) is 8.11. The summed E-state index contributed by atoms with van der Waals surface area (Å²) in [6.07, 6.45) is 4.07. The second kappa shape index (κ2) is 7.74. The first-order valence-electron chi connectivity index (χ1n) is 8.83. The largest absolute Gasteiger partial charge is 0.392 e. The van der Waals surface area contributed by atoms with Crippen molar-refractivity contribution in [2.75, 3.05) is 13.1 Å². The second-order valence-corrected chi connectivity index (χ2v) is 6.83. The summed E-state index contributed by atoms with van der Waals surface area (Å²) in [4.78, 5) is 23.4. The molecule has 1 unspecified atom stereocenters. The Bertz CT molecular complexity index is 760. The molecule has 1 aliphatic heterocycles. The third-order valence-electron chi connectivity index (χ3n) is 4.79. The molecule has 1 atom stereocenters. The summed E-state index contributed by atoms with van der Waals surface area (Å²) in [6.45, 7) is 5.28. The lowest BCUT2D eigenvalue weighted by Gasteiger charge is -2.33. The molecule has 0 radical (unpaired) electrons. The summed E-state index contributed by atoms with van der Waals surface area (Å²) < 4.78 is 0. The van der Waals surface area contributed by atoms with E-state index in [1.165, 1.54) is 5.56 Å². The number of hydrogen-bond donors (Lipinski definition) is 1.